The van der Waals surface area contributed by atoms with Gasteiger partial charge in [0, 0.05) is 0 Å². The second-order valence-corrected chi connectivity index (χ2v) is 6.57. The van der Waals surface area contributed by atoms with Crippen LogP contribution in [0.15, 0.2) is 0 Å². The first-order chi connectivity index (χ1) is 5.45. The first-order valence-corrected chi connectivity index (χ1v) is 5.29. The third kappa shape index (κ3) is 0.625. The van der Waals surface area contributed by atoms with Crippen molar-refractivity contribution in [3.63, 3.8) is 0 Å². The van der Waals surface area contributed by atoms with Crippen LogP contribution in [0.4, 0.5) is 0 Å². The average molecular weight is 163 g/mol. The van der Waals surface area contributed by atoms with Gasteiger partial charge in [-0.15, -0.1) is 0 Å². The lowest BCUT2D eigenvalue weighted by Gasteiger charge is -2.46. The number of hydrogen-bond donors (Lipinski definition) is 0. The predicted octanol–water partition coefficient (Wildman–Crippen LogP) is 3.57. The van der Waals surface area contributed by atoms with Crippen LogP contribution in [0.1, 0.15) is 52.9 Å². The molecule has 0 amide bonds. The van der Waals surface area contributed by atoms with Gasteiger partial charge in [0.1, 0.15) is 0 Å². The van der Waals surface area contributed by atoms with Gasteiger partial charge in [-0.1, -0.05) is 37.0 Å². The van der Waals surface area contributed by atoms with Crippen LogP contribution in [0.2, 0.25) is 0 Å². The Balaban J connectivity index is 2.12. The van der Waals surface area contributed by atoms with Crippen molar-refractivity contribution in [2.24, 2.45) is 16.2 Å². The molecule has 0 spiro atoms. The molecule has 4 aliphatic rings. The normalized spacial score (nSPS) is 63.2. The molecule has 0 aliphatic heterocycles. The summed E-state index contributed by atoms with van der Waals surface area (Å²) in [7, 11) is 0. The van der Waals surface area contributed by atoms with Gasteiger partial charge in [0.2, 0.25) is 0 Å². The minimum Gasteiger partial charge on any atom is -0.312 e. The SMILES string of the molecule is CC12C[C-]3CC(C)(C1)C(C)(C3)C2. The fourth-order valence-corrected chi connectivity index (χ4v) is 4.94. The van der Waals surface area contributed by atoms with E-state index in [1.165, 1.54) is 32.1 Å². The highest BCUT2D eigenvalue weighted by atomic mass is 14.7. The summed E-state index contributed by atoms with van der Waals surface area (Å²) in [5.41, 5.74) is 2.08. The summed E-state index contributed by atoms with van der Waals surface area (Å²) in [4.78, 5) is 0. The second-order valence-electron chi connectivity index (χ2n) is 6.57. The lowest BCUT2D eigenvalue weighted by atomic mass is 9.68. The second kappa shape index (κ2) is 1.63. The first kappa shape index (κ1) is 7.41. The molecule has 12 heavy (non-hydrogen) atoms. The molecule has 0 aromatic heterocycles. The molecule has 68 valence electrons. The van der Waals surface area contributed by atoms with Crippen molar-refractivity contribution in [2.75, 3.05) is 0 Å². The number of hydrogen-bond acceptors (Lipinski definition) is 0. The third-order valence-electron chi connectivity index (χ3n) is 5.05. The van der Waals surface area contributed by atoms with Gasteiger partial charge in [-0.2, -0.15) is 19.3 Å². The van der Waals surface area contributed by atoms with Crippen molar-refractivity contribution in [3.05, 3.63) is 5.92 Å². The maximum atomic E-state index is 2.53. The quantitative estimate of drug-likeness (QED) is 0.479. The highest BCUT2D eigenvalue weighted by Gasteiger charge is 2.60. The first-order valence-electron chi connectivity index (χ1n) is 5.29. The lowest BCUT2D eigenvalue weighted by Crippen LogP contribution is -2.25. The minimum atomic E-state index is 0.690. The Morgan fingerprint density at radius 2 is 1.33 bits per heavy atom. The summed E-state index contributed by atoms with van der Waals surface area (Å²) in [6, 6.07) is 0. The largest absolute Gasteiger partial charge is 0.312 e. The fourth-order valence-electron chi connectivity index (χ4n) is 4.94. The molecule has 4 fully saturated rings. The van der Waals surface area contributed by atoms with Gasteiger partial charge in [0.15, 0.2) is 0 Å². The van der Waals surface area contributed by atoms with Gasteiger partial charge < -0.3 is 5.92 Å². The topological polar surface area (TPSA) is 0 Å². The molecule has 0 N–H and O–H groups in total. The van der Waals surface area contributed by atoms with Crippen molar-refractivity contribution in [2.45, 2.75) is 52.9 Å². The van der Waals surface area contributed by atoms with E-state index >= 15 is 0 Å². The van der Waals surface area contributed by atoms with Crippen molar-refractivity contribution in [1.82, 2.24) is 0 Å². The smallest absolute Gasteiger partial charge is 0.0468 e. The molecular formula is C12H19-. The van der Waals surface area contributed by atoms with Crippen LogP contribution in [0, 0.1) is 22.2 Å². The molecule has 0 heteroatoms. The van der Waals surface area contributed by atoms with Gasteiger partial charge in [-0.25, -0.2) is 0 Å². The Bertz CT molecular complexity index is 222. The van der Waals surface area contributed by atoms with E-state index in [-0.39, 0.29) is 0 Å². The maximum absolute atomic E-state index is 2.53. The Kier molecular flexibility index (Phi) is 1.00. The summed E-state index contributed by atoms with van der Waals surface area (Å²) in [6.45, 7) is 7.57. The fraction of sp³-hybridized carbons (Fsp3) is 0.917. The summed E-state index contributed by atoms with van der Waals surface area (Å²) in [5, 5.41) is 0. The van der Waals surface area contributed by atoms with Gasteiger partial charge in [-0.05, 0) is 12.8 Å². The van der Waals surface area contributed by atoms with Crippen LogP contribution in [-0.4, -0.2) is 0 Å². The molecule has 0 aromatic rings. The van der Waals surface area contributed by atoms with E-state index in [4.69, 9.17) is 0 Å². The van der Waals surface area contributed by atoms with Crippen LogP contribution in [-0.2, 0) is 0 Å². The van der Waals surface area contributed by atoms with Crippen molar-refractivity contribution < 1.29 is 0 Å². The molecule has 4 bridgehead atoms. The predicted molar refractivity (Wildman–Crippen MR) is 50.6 cm³/mol. The summed E-state index contributed by atoms with van der Waals surface area (Å²) < 4.78 is 0. The molecule has 2 atom stereocenters. The van der Waals surface area contributed by atoms with Crippen LogP contribution in [0.5, 0.6) is 0 Å². The molecule has 0 saturated heterocycles. The van der Waals surface area contributed by atoms with Gasteiger partial charge in [0.05, 0.1) is 0 Å². The standard InChI is InChI=1S/C12H19/c1-10-4-9-5-11(2,7-10)12(3,6-9)8-10/h4-8H2,1-3H3/q-1. The van der Waals surface area contributed by atoms with E-state index < -0.39 is 0 Å². The summed E-state index contributed by atoms with van der Waals surface area (Å²) in [5.74, 6) is 1.89. The van der Waals surface area contributed by atoms with Crippen LogP contribution in [0.3, 0.4) is 0 Å². The monoisotopic (exact) mass is 163 g/mol. The molecule has 4 rings (SSSR count). The zero-order valence-electron chi connectivity index (χ0n) is 8.54. The Hall–Kier alpha value is 0. The van der Waals surface area contributed by atoms with Crippen molar-refractivity contribution in [3.8, 4) is 0 Å². The van der Waals surface area contributed by atoms with Gasteiger partial charge in [-0.3, -0.25) is 0 Å². The van der Waals surface area contributed by atoms with Crippen LogP contribution in [0.25, 0.3) is 0 Å². The summed E-state index contributed by atoms with van der Waals surface area (Å²) >= 11 is 0. The molecule has 4 aliphatic carbocycles. The molecule has 0 nitrogen and oxygen atoms in total. The lowest BCUT2D eigenvalue weighted by molar-refractivity contribution is 0.157. The highest BCUT2D eigenvalue weighted by molar-refractivity contribution is 5.25. The molecule has 4 saturated carbocycles. The zero-order chi connectivity index (χ0) is 8.61. The van der Waals surface area contributed by atoms with E-state index in [2.05, 4.69) is 20.8 Å². The van der Waals surface area contributed by atoms with E-state index in [1.807, 2.05) is 5.92 Å². The Morgan fingerprint density at radius 3 is 1.67 bits per heavy atom. The average Bonchev–Trinajstić information content (AvgIpc) is 2.01. The maximum Gasteiger partial charge on any atom is -0.0468 e. The van der Waals surface area contributed by atoms with E-state index in [0.717, 1.165) is 0 Å². The highest BCUT2D eigenvalue weighted by Crippen LogP contribution is 2.76. The van der Waals surface area contributed by atoms with Gasteiger partial charge >= 0.3 is 0 Å². The molecule has 0 heterocycles. The Morgan fingerprint density at radius 1 is 0.833 bits per heavy atom. The van der Waals surface area contributed by atoms with E-state index in [0.29, 0.717) is 16.2 Å². The van der Waals surface area contributed by atoms with Gasteiger partial charge in [0.25, 0.3) is 0 Å². The molecule has 2 unspecified atom stereocenters. The molecular weight excluding hydrogens is 144 g/mol. The zero-order valence-corrected chi connectivity index (χ0v) is 8.54. The van der Waals surface area contributed by atoms with Crippen LogP contribution >= 0.6 is 0 Å². The minimum absolute atomic E-state index is 0.690. The molecule has 0 radical (unpaired) electrons. The molecule has 0 aromatic carbocycles. The van der Waals surface area contributed by atoms with Crippen molar-refractivity contribution in [1.29, 1.82) is 0 Å². The number of rotatable bonds is 0. The van der Waals surface area contributed by atoms with E-state index in [1.54, 1.807) is 0 Å². The van der Waals surface area contributed by atoms with E-state index in [9.17, 15) is 0 Å². The Labute approximate surface area is 75.7 Å². The van der Waals surface area contributed by atoms with Crippen molar-refractivity contribution >= 4 is 0 Å². The third-order valence-corrected chi connectivity index (χ3v) is 5.05. The van der Waals surface area contributed by atoms with Crippen LogP contribution < -0.4 is 0 Å². The summed E-state index contributed by atoms with van der Waals surface area (Å²) in [6.07, 6.45) is 7.37.